The Morgan fingerprint density at radius 3 is 2.35 bits per heavy atom. The fraction of sp³-hybridized carbons (Fsp3) is 0.400. The highest BCUT2D eigenvalue weighted by molar-refractivity contribution is 5.87. The average molecular weight is 313 g/mol. The van der Waals surface area contributed by atoms with Gasteiger partial charge in [-0.2, -0.15) is 0 Å². The zero-order valence-electron chi connectivity index (χ0n) is 14.4. The molecule has 0 aliphatic rings. The first-order valence-corrected chi connectivity index (χ1v) is 8.21. The molecule has 0 bridgehead atoms. The molecule has 0 amide bonds. The maximum Gasteiger partial charge on any atom is 0.331 e. The van der Waals surface area contributed by atoms with Gasteiger partial charge in [-0.05, 0) is 42.5 Å². The SMILES string of the molecule is CCCCCCC(=C\c1ccc(C=NC)cc1)/C=C(\C)C(=O)O. The van der Waals surface area contributed by atoms with Crippen LogP contribution in [0.15, 0.2) is 46.5 Å². The van der Waals surface area contributed by atoms with E-state index in [0.717, 1.165) is 29.5 Å². The maximum absolute atomic E-state index is 11.1. The topological polar surface area (TPSA) is 49.7 Å². The van der Waals surface area contributed by atoms with Crippen LogP contribution in [0.1, 0.15) is 57.1 Å². The second kappa shape index (κ2) is 10.5. The Kier molecular flexibility index (Phi) is 8.66. The number of aliphatic carboxylic acids is 1. The molecule has 0 unspecified atom stereocenters. The number of rotatable bonds is 9. The number of carbonyl (C=O) groups is 1. The third kappa shape index (κ3) is 7.59. The maximum atomic E-state index is 11.1. The van der Waals surface area contributed by atoms with E-state index in [-0.39, 0.29) is 0 Å². The number of carboxylic acid groups (broad SMARTS) is 1. The van der Waals surface area contributed by atoms with Crippen LogP contribution in [0.2, 0.25) is 0 Å². The van der Waals surface area contributed by atoms with Crippen LogP contribution in [0.5, 0.6) is 0 Å². The fourth-order valence-corrected chi connectivity index (χ4v) is 2.32. The van der Waals surface area contributed by atoms with Gasteiger partial charge in [0.05, 0.1) is 0 Å². The molecule has 1 rings (SSSR count). The van der Waals surface area contributed by atoms with Crippen molar-refractivity contribution in [3.8, 4) is 0 Å². The third-order valence-corrected chi connectivity index (χ3v) is 3.62. The summed E-state index contributed by atoms with van der Waals surface area (Å²) in [5, 5.41) is 9.09. The number of aliphatic imine (C=N–C) groups is 1. The first kappa shape index (κ1) is 18.9. The molecule has 0 saturated heterocycles. The molecule has 0 saturated carbocycles. The lowest BCUT2D eigenvalue weighted by Gasteiger charge is -2.05. The van der Waals surface area contributed by atoms with Crippen LogP contribution in [-0.2, 0) is 4.79 Å². The summed E-state index contributed by atoms with van der Waals surface area (Å²) in [6, 6.07) is 8.10. The van der Waals surface area contributed by atoms with Crippen LogP contribution in [-0.4, -0.2) is 24.3 Å². The van der Waals surface area contributed by atoms with Gasteiger partial charge in [-0.15, -0.1) is 0 Å². The summed E-state index contributed by atoms with van der Waals surface area (Å²) in [6.45, 7) is 3.83. The summed E-state index contributed by atoms with van der Waals surface area (Å²) < 4.78 is 0. The van der Waals surface area contributed by atoms with Gasteiger partial charge >= 0.3 is 5.97 Å². The molecule has 0 heterocycles. The number of carboxylic acids is 1. The number of hydrogen-bond donors (Lipinski definition) is 1. The highest BCUT2D eigenvalue weighted by atomic mass is 16.4. The van der Waals surface area contributed by atoms with Crippen LogP contribution in [0, 0.1) is 0 Å². The first-order chi connectivity index (χ1) is 11.1. The van der Waals surface area contributed by atoms with Crippen molar-refractivity contribution in [2.45, 2.75) is 46.0 Å². The van der Waals surface area contributed by atoms with E-state index in [1.165, 1.54) is 19.3 Å². The second-order valence-electron chi connectivity index (χ2n) is 5.72. The van der Waals surface area contributed by atoms with E-state index in [1.54, 1.807) is 20.0 Å². The number of benzene rings is 1. The molecule has 3 nitrogen and oxygen atoms in total. The molecule has 1 aromatic carbocycles. The molecule has 0 aliphatic heterocycles. The minimum absolute atomic E-state index is 0.376. The molecule has 23 heavy (non-hydrogen) atoms. The summed E-state index contributed by atoms with van der Waals surface area (Å²) in [4.78, 5) is 15.1. The molecule has 0 spiro atoms. The second-order valence-corrected chi connectivity index (χ2v) is 5.72. The van der Waals surface area contributed by atoms with E-state index in [0.29, 0.717) is 5.57 Å². The van der Waals surface area contributed by atoms with Gasteiger partial charge in [0.1, 0.15) is 0 Å². The van der Waals surface area contributed by atoms with E-state index in [2.05, 4.69) is 18.0 Å². The van der Waals surface area contributed by atoms with Crippen LogP contribution in [0.3, 0.4) is 0 Å². The minimum Gasteiger partial charge on any atom is -0.478 e. The Bertz CT molecular complexity index is 580. The standard InChI is InChI=1S/C20H27NO2/c1-4-5-6-7-8-19(13-16(2)20(22)23)14-17-9-11-18(12-10-17)15-21-3/h9-15H,4-8H2,1-3H3,(H,22,23)/b16-13+,19-14+,21-15?. The summed E-state index contributed by atoms with van der Waals surface area (Å²) in [7, 11) is 1.75. The summed E-state index contributed by atoms with van der Waals surface area (Å²) in [6.07, 6.45) is 11.3. The summed E-state index contributed by atoms with van der Waals surface area (Å²) in [5.41, 5.74) is 3.59. The van der Waals surface area contributed by atoms with Crippen LogP contribution < -0.4 is 0 Å². The van der Waals surface area contributed by atoms with Crippen molar-refractivity contribution >= 4 is 18.3 Å². The molecule has 3 heteroatoms. The van der Waals surface area contributed by atoms with Crippen LogP contribution in [0.25, 0.3) is 6.08 Å². The molecule has 124 valence electrons. The highest BCUT2D eigenvalue weighted by Gasteiger charge is 2.03. The summed E-state index contributed by atoms with van der Waals surface area (Å²) in [5.74, 6) is -0.862. The summed E-state index contributed by atoms with van der Waals surface area (Å²) >= 11 is 0. The largest absolute Gasteiger partial charge is 0.478 e. The van der Waals surface area contributed by atoms with Crippen molar-refractivity contribution in [1.82, 2.24) is 0 Å². The number of unbranched alkanes of at least 4 members (excludes halogenated alkanes) is 3. The van der Waals surface area contributed by atoms with Gasteiger partial charge in [-0.25, -0.2) is 4.79 Å². The van der Waals surface area contributed by atoms with Crippen LogP contribution >= 0.6 is 0 Å². The Morgan fingerprint density at radius 2 is 1.78 bits per heavy atom. The van der Waals surface area contributed by atoms with Crippen molar-refractivity contribution in [2.75, 3.05) is 7.05 Å². The lowest BCUT2D eigenvalue weighted by Crippen LogP contribution is -1.97. The number of allylic oxidation sites excluding steroid dienone is 2. The average Bonchev–Trinajstić information content (AvgIpc) is 2.53. The number of nitrogens with zero attached hydrogens (tertiary/aromatic N) is 1. The van der Waals surface area contributed by atoms with E-state index in [1.807, 2.05) is 30.5 Å². The predicted octanol–water partition coefficient (Wildman–Crippen LogP) is 5.12. The molecule has 0 aromatic heterocycles. The molecular formula is C20H27NO2. The Hall–Kier alpha value is -2.16. The number of hydrogen-bond acceptors (Lipinski definition) is 2. The Balaban J connectivity index is 2.92. The molecule has 1 aromatic rings. The zero-order valence-corrected chi connectivity index (χ0v) is 14.4. The molecular weight excluding hydrogens is 286 g/mol. The lowest BCUT2D eigenvalue weighted by molar-refractivity contribution is -0.132. The minimum atomic E-state index is -0.862. The molecule has 1 N–H and O–H groups in total. The fourth-order valence-electron chi connectivity index (χ4n) is 2.32. The molecule has 0 aliphatic carbocycles. The van der Waals surface area contributed by atoms with Crippen molar-refractivity contribution < 1.29 is 9.90 Å². The smallest absolute Gasteiger partial charge is 0.331 e. The van der Waals surface area contributed by atoms with Crippen molar-refractivity contribution in [2.24, 2.45) is 4.99 Å². The van der Waals surface area contributed by atoms with Gasteiger partial charge in [0.25, 0.3) is 0 Å². The first-order valence-electron chi connectivity index (χ1n) is 8.21. The molecule has 0 radical (unpaired) electrons. The van der Waals surface area contributed by atoms with E-state index in [4.69, 9.17) is 5.11 Å². The van der Waals surface area contributed by atoms with Crippen molar-refractivity contribution in [3.05, 3.63) is 52.6 Å². The zero-order chi connectivity index (χ0) is 17.1. The molecule has 0 atom stereocenters. The van der Waals surface area contributed by atoms with E-state index >= 15 is 0 Å². The normalized spacial score (nSPS) is 12.8. The van der Waals surface area contributed by atoms with Gasteiger partial charge < -0.3 is 5.11 Å². The van der Waals surface area contributed by atoms with Gasteiger partial charge in [-0.1, -0.05) is 56.5 Å². The predicted molar refractivity (Wildman–Crippen MR) is 98.1 cm³/mol. The van der Waals surface area contributed by atoms with Gasteiger partial charge in [0.2, 0.25) is 0 Å². The third-order valence-electron chi connectivity index (χ3n) is 3.62. The Labute approximate surface area is 139 Å². The van der Waals surface area contributed by atoms with E-state index in [9.17, 15) is 4.79 Å². The van der Waals surface area contributed by atoms with Crippen molar-refractivity contribution in [3.63, 3.8) is 0 Å². The lowest BCUT2D eigenvalue weighted by atomic mass is 10.0. The van der Waals surface area contributed by atoms with Crippen molar-refractivity contribution in [1.29, 1.82) is 0 Å². The van der Waals surface area contributed by atoms with E-state index < -0.39 is 5.97 Å². The van der Waals surface area contributed by atoms with Gasteiger partial charge in [-0.3, -0.25) is 4.99 Å². The highest BCUT2D eigenvalue weighted by Crippen LogP contribution is 2.18. The molecule has 0 fully saturated rings. The van der Waals surface area contributed by atoms with Crippen LogP contribution in [0.4, 0.5) is 0 Å². The van der Waals surface area contributed by atoms with Gasteiger partial charge in [0.15, 0.2) is 0 Å². The quantitative estimate of drug-likeness (QED) is 0.298. The van der Waals surface area contributed by atoms with Gasteiger partial charge in [0, 0.05) is 18.8 Å². The monoisotopic (exact) mass is 313 g/mol. The Morgan fingerprint density at radius 1 is 1.13 bits per heavy atom.